The second-order valence-electron chi connectivity index (χ2n) is 10.6. The number of aromatic nitrogens is 1. The maximum Gasteiger partial charge on any atom is 0.338 e. The summed E-state index contributed by atoms with van der Waals surface area (Å²) in [5.41, 5.74) is 1.67. The quantitative estimate of drug-likeness (QED) is 0.313. The van der Waals surface area contributed by atoms with Crippen LogP contribution in [0.1, 0.15) is 37.9 Å². The van der Waals surface area contributed by atoms with Gasteiger partial charge in [-0.1, -0.05) is 33.3 Å². The Hall–Kier alpha value is -3.94. The van der Waals surface area contributed by atoms with E-state index >= 15 is 0 Å². The molecule has 1 atom stereocenters. The Labute approximate surface area is 272 Å². The molecule has 0 N–H and O–H groups in total. The first-order chi connectivity index (χ1) is 21.6. The number of benzene rings is 2. The molecule has 2 aliphatic rings. The van der Waals surface area contributed by atoms with Crippen molar-refractivity contribution in [3.63, 3.8) is 0 Å². The zero-order chi connectivity index (χ0) is 32.2. The van der Waals surface area contributed by atoms with Gasteiger partial charge in [0.2, 0.25) is 0 Å². The SMILES string of the molecule is COc1cc(/C=c2\sc3n(c2=O)[C@H](c2cc(Br)ccc2OC)C(C(=O)OC(C)C)=C(C)N=3)ccc1OCC(=O)N1CCOCC1. The average Bonchev–Trinajstić information content (AvgIpc) is 3.33. The topological polar surface area (TPSA) is 118 Å². The molecule has 13 heteroatoms. The van der Waals surface area contributed by atoms with Crippen LogP contribution >= 0.6 is 27.3 Å². The molecule has 45 heavy (non-hydrogen) atoms. The van der Waals surface area contributed by atoms with Crippen LogP contribution in [0.5, 0.6) is 17.2 Å². The van der Waals surface area contributed by atoms with Crippen LogP contribution in [-0.4, -0.2) is 74.6 Å². The first-order valence-corrected chi connectivity index (χ1v) is 16.0. The standard InChI is InChI=1S/C32H34BrN3O8S/c1-18(2)44-31(39)28-19(3)34-32-36(29(28)22-16-21(33)7-9-23(22)40-4)30(38)26(45-32)15-20-6-8-24(25(14-20)41-5)43-17-27(37)35-10-12-42-13-11-35/h6-9,14-16,18,29H,10-13,17H2,1-5H3/b26-15-/t29-/m1/s1. The predicted octanol–water partition coefficient (Wildman–Crippen LogP) is 3.20. The van der Waals surface area contributed by atoms with Crippen molar-refractivity contribution in [2.24, 2.45) is 4.99 Å². The highest BCUT2D eigenvalue weighted by molar-refractivity contribution is 9.10. The van der Waals surface area contributed by atoms with Crippen LogP contribution in [-0.2, 0) is 19.1 Å². The number of thiazole rings is 1. The second-order valence-corrected chi connectivity index (χ2v) is 12.5. The highest BCUT2D eigenvalue weighted by Crippen LogP contribution is 2.37. The minimum atomic E-state index is -0.837. The fourth-order valence-electron chi connectivity index (χ4n) is 5.16. The molecule has 1 fully saturated rings. The lowest BCUT2D eigenvalue weighted by molar-refractivity contribution is -0.143. The van der Waals surface area contributed by atoms with E-state index in [0.29, 0.717) is 69.7 Å². The minimum absolute atomic E-state index is 0.130. The number of hydrogen-bond donors (Lipinski definition) is 0. The van der Waals surface area contributed by atoms with Crippen molar-refractivity contribution in [3.8, 4) is 17.2 Å². The van der Waals surface area contributed by atoms with Crippen molar-refractivity contribution in [3.05, 3.63) is 83.0 Å². The zero-order valence-electron chi connectivity index (χ0n) is 25.6. The number of morpholine rings is 1. The molecule has 0 spiro atoms. The molecule has 1 aromatic heterocycles. The minimum Gasteiger partial charge on any atom is -0.496 e. The van der Waals surface area contributed by atoms with E-state index in [0.717, 1.165) is 4.47 Å². The summed E-state index contributed by atoms with van der Waals surface area (Å²) in [5.74, 6) is 0.643. The van der Waals surface area contributed by atoms with Gasteiger partial charge in [0.05, 0.1) is 49.3 Å². The molecular formula is C32H34BrN3O8S. The summed E-state index contributed by atoms with van der Waals surface area (Å²) in [6, 6.07) is 9.81. The van der Waals surface area contributed by atoms with Gasteiger partial charge in [0, 0.05) is 23.1 Å². The molecule has 1 saturated heterocycles. The highest BCUT2D eigenvalue weighted by atomic mass is 79.9. The Morgan fingerprint density at radius 1 is 1.09 bits per heavy atom. The van der Waals surface area contributed by atoms with E-state index in [4.69, 9.17) is 23.7 Å². The molecule has 0 aliphatic carbocycles. The van der Waals surface area contributed by atoms with Gasteiger partial charge in [0.25, 0.3) is 11.5 Å². The van der Waals surface area contributed by atoms with E-state index < -0.39 is 12.0 Å². The van der Waals surface area contributed by atoms with E-state index in [1.54, 1.807) is 63.1 Å². The number of amides is 1. The summed E-state index contributed by atoms with van der Waals surface area (Å²) in [6.45, 7) is 7.22. The second kappa shape index (κ2) is 14.0. The summed E-state index contributed by atoms with van der Waals surface area (Å²) in [6.07, 6.45) is 1.36. The molecule has 0 radical (unpaired) electrons. The van der Waals surface area contributed by atoms with E-state index in [-0.39, 0.29) is 29.8 Å². The molecule has 0 bridgehead atoms. The van der Waals surface area contributed by atoms with E-state index in [9.17, 15) is 14.4 Å². The molecule has 2 aromatic carbocycles. The first-order valence-electron chi connectivity index (χ1n) is 14.3. The first kappa shape index (κ1) is 32.5. The average molecular weight is 701 g/mol. The van der Waals surface area contributed by atoms with Crippen LogP contribution in [0, 0.1) is 0 Å². The smallest absolute Gasteiger partial charge is 0.338 e. The monoisotopic (exact) mass is 699 g/mol. The number of nitrogens with zero attached hydrogens (tertiary/aromatic N) is 3. The van der Waals surface area contributed by atoms with Crippen molar-refractivity contribution >= 4 is 45.2 Å². The van der Waals surface area contributed by atoms with Crippen LogP contribution in [0.4, 0.5) is 0 Å². The zero-order valence-corrected chi connectivity index (χ0v) is 28.0. The molecule has 11 nitrogen and oxygen atoms in total. The Kier molecular flexibility index (Phi) is 10.1. The Morgan fingerprint density at radius 2 is 1.80 bits per heavy atom. The maximum absolute atomic E-state index is 14.1. The van der Waals surface area contributed by atoms with Gasteiger partial charge in [-0.15, -0.1) is 0 Å². The molecular weight excluding hydrogens is 666 g/mol. The van der Waals surface area contributed by atoms with Crippen molar-refractivity contribution in [1.82, 2.24) is 9.47 Å². The number of esters is 1. The molecule has 1 amide bonds. The number of rotatable bonds is 9. The van der Waals surface area contributed by atoms with Gasteiger partial charge in [0.15, 0.2) is 22.9 Å². The van der Waals surface area contributed by atoms with Gasteiger partial charge >= 0.3 is 5.97 Å². The lowest BCUT2D eigenvalue weighted by Gasteiger charge is -2.26. The van der Waals surface area contributed by atoms with Crippen LogP contribution in [0.15, 0.2) is 61.9 Å². The fraction of sp³-hybridized carbons (Fsp3) is 0.375. The molecule has 238 valence electrons. The predicted molar refractivity (Wildman–Crippen MR) is 172 cm³/mol. The molecule has 0 saturated carbocycles. The third kappa shape index (κ3) is 7.00. The van der Waals surface area contributed by atoms with Gasteiger partial charge < -0.3 is 28.6 Å². The largest absolute Gasteiger partial charge is 0.496 e. The number of methoxy groups -OCH3 is 2. The summed E-state index contributed by atoms with van der Waals surface area (Å²) < 4.78 is 30.6. The van der Waals surface area contributed by atoms with E-state index in [1.165, 1.54) is 23.0 Å². The number of halogens is 1. The Bertz CT molecular complexity index is 1820. The van der Waals surface area contributed by atoms with Gasteiger partial charge in [-0.05, 0) is 62.7 Å². The van der Waals surface area contributed by atoms with E-state index in [2.05, 4.69) is 20.9 Å². The molecule has 0 unspecified atom stereocenters. The lowest BCUT2D eigenvalue weighted by Crippen LogP contribution is -2.43. The number of carbonyl (C=O) groups is 2. The normalized spacial score (nSPS) is 16.7. The maximum atomic E-state index is 14.1. The number of fused-ring (bicyclic) bond motifs is 1. The summed E-state index contributed by atoms with van der Waals surface area (Å²) in [7, 11) is 3.05. The fourth-order valence-corrected chi connectivity index (χ4v) is 6.59. The number of carbonyl (C=O) groups excluding carboxylic acids is 2. The molecule has 5 rings (SSSR count). The summed E-state index contributed by atoms with van der Waals surface area (Å²) >= 11 is 4.73. The van der Waals surface area contributed by atoms with Gasteiger partial charge in [-0.25, -0.2) is 9.79 Å². The summed E-state index contributed by atoms with van der Waals surface area (Å²) in [4.78, 5) is 46.9. The lowest BCUT2D eigenvalue weighted by atomic mass is 9.95. The van der Waals surface area contributed by atoms with Gasteiger partial charge in [-0.3, -0.25) is 14.2 Å². The van der Waals surface area contributed by atoms with Gasteiger partial charge in [-0.2, -0.15) is 0 Å². The Balaban J connectivity index is 1.53. The van der Waals surface area contributed by atoms with Crippen molar-refractivity contribution < 1.29 is 33.3 Å². The van der Waals surface area contributed by atoms with Crippen LogP contribution < -0.4 is 29.1 Å². The molecule has 3 aromatic rings. The van der Waals surface area contributed by atoms with E-state index in [1.807, 2.05) is 12.1 Å². The van der Waals surface area contributed by atoms with Crippen molar-refractivity contribution in [1.29, 1.82) is 0 Å². The third-order valence-electron chi connectivity index (χ3n) is 7.27. The van der Waals surface area contributed by atoms with Gasteiger partial charge in [0.1, 0.15) is 11.8 Å². The van der Waals surface area contributed by atoms with Crippen LogP contribution in [0.25, 0.3) is 6.08 Å². The highest BCUT2D eigenvalue weighted by Gasteiger charge is 2.35. The van der Waals surface area contributed by atoms with Crippen molar-refractivity contribution in [2.75, 3.05) is 47.1 Å². The van der Waals surface area contributed by atoms with Crippen LogP contribution in [0.2, 0.25) is 0 Å². The number of allylic oxidation sites excluding steroid dienone is 1. The number of ether oxygens (including phenoxy) is 5. The summed E-state index contributed by atoms with van der Waals surface area (Å²) in [5, 5.41) is 0. The molecule has 2 aliphatic heterocycles. The number of hydrogen-bond acceptors (Lipinski definition) is 10. The third-order valence-corrected chi connectivity index (χ3v) is 8.75. The molecule has 3 heterocycles. The van der Waals surface area contributed by atoms with Crippen LogP contribution in [0.3, 0.4) is 0 Å². The van der Waals surface area contributed by atoms with Crippen molar-refractivity contribution in [2.45, 2.75) is 32.9 Å². The Morgan fingerprint density at radius 3 is 2.49 bits per heavy atom.